The summed E-state index contributed by atoms with van der Waals surface area (Å²) >= 11 is 0. The van der Waals surface area contributed by atoms with Crippen LogP contribution in [0.4, 0.5) is 0 Å². The van der Waals surface area contributed by atoms with Gasteiger partial charge in [0.15, 0.2) is 0 Å². The van der Waals surface area contributed by atoms with Gasteiger partial charge < -0.3 is 4.74 Å². The highest BCUT2D eigenvalue weighted by molar-refractivity contribution is 5.87. The molecule has 0 fully saturated rings. The number of esters is 2. The fraction of sp³-hybridized carbons (Fsp3) is 0.900. The minimum atomic E-state index is -0.287. The van der Waals surface area contributed by atoms with E-state index in [-0.39, 0.29) is 23.8 Å². The van der Waals surface area contributed by atoms with Crippen LogP contribution in [0, 0.1) is 11.8 Å². The van der Waals surface area contributed by atoms with Gasteiger partial charge in [0.2, 0.25) is 0 Å². The monoisotopic (exact) mass is 326 g/mol. The summed E-state index contributed by atoms with van der Waals surface area (Å²) in [6, 6.07) is 0. The highest BCUT2D eigenvalue weighted by Gasteiger charge is 2.26. The standard InChI is InChI=1S/C20H38O3/c1-5-9-11-15-17(13-7-3)19(21)23-20(22)18(14-8-4)16-12-10-6-2/h17-18H,5-16H2,1-4H3. The Morgan fingerprint density at radius 1 is 0.609 bits per heavy atom. The molecule has 0 aromatic rings. The first-order chi connectivity index (χ1) is 11.1. The lowest BCUT2D eigenvalue weighted by Crippen LogP contribution is -2.26. The van der Waals surface area contributed by atoms with Gasteiger partial charge in [-0.2, -0.15) is 0 Å². The normalized spacial score (nSPS) is 13.6. The average molecular weight is 327 g/mol. The number of carbonyl (C=O) groups is 2. The lowest BCUT2D eigenvalue weighted by atomic mass is 9.95. The van der Waals surface area contributed by atoms with Crippen molar-refractivity contribution in [3.63, 3.8) is 0 Å². The minimum absolute atomic E-state index is 0.103. The van der Waals surface area contributed by atoms with Crippen molar-refractivity contribution in [3.8, 4) is 0 Å². The van der Waals surface area contributed by atoms with E-state index in [4.69, 9.17) is 4.74 Å². The van der Waals surface area contributed by atoms with E-state index in [1.165, 1.54) is 0 Å². The Hall–Kier alpha value is -0.860. The molecule has 0 aromatic carbocycles. The van der Waals surface area contributed by atoms with E-state index < -0.39 is 0 Å². The number of unbranched alkanes of at least 4 members (excludes halogenated alkanes) is 4. The Balaban J connectivity index is 4.48. The molecule has 0 aliphatic rings. The Kier molecular flexibility index (Phi) is 14.2. The summed E-state index contributed by atoms with van der Waals surface area (Å²) in [5.41, 5.74) is 0. The van der Waals surface area contributed by atoms with Crippen LogP contribution in [0.15, 0.2) is 0 Å². The smallest absolute Gasteiger partial charge is 0.316 e. The molecule has 23 heavy (non-hydrogen) atoms. The van der Waals surface area contributed by atoms with Gasteiger partial charge in [0.1, 0.15) is 0 Å². The molecule has 0 saturated heterocycles. The fourth-order valence-corrected chi connectivity index (χ4v) is 3.00. The molecule has 0 radical (unpaired) electrons. The van der Waals surface area contributed by atoms with Gasteiger partial charge in [0, 0.05) is 0 Å². The van der Waals surface area contributed by atoms with E-state index in [0.717, 1.165) is 77.0 Å². The SMILES string of the molecule is CCCCCC(CCC)C(=O)OC(=O)C(CCC)CCCCC. The van der Waals surface area contributed by atoms with Crippen molar-refractivity contribution in [1.82, 2.24) is 0 Å². The van der Waals surface area contributed by atoms with Gasteiger partial charge in [0.05, 0.1) is 11.8 Å². The summed E-state index contributed by atoms with van der Waals surface area (Å²) in [6.45, 7) is 8.46. The fourth-order valence-electron chi connectivity index (χ4n) is 3.00. The molecule has 0 aliphatic heterocycles. The highest BCUT2D eigenvalue weighted by atomic mass is 16.6. The van der Waals surface area contributed by atoms with Crippen LogP contribution >= 0.6 is 0 Å². The van der Waals surface area contributed by atoms with Crippen molar-refractivity contribution in [2.45, 2.75) is 105 Å². The summed E-state index contributed by atoms with van der Waals surface area (Å²) < 4.78 is 5.26. The maximum atomic E-state index is 12.3. The molecule has 136 valence electrons. The third kappa shape index (κ3) is 10.5. The zero-order chi connectivity index (χ0) is 17.5. The molecule has 0 heterocycles. The first-order valence-corrected chi connectivity index (χ1v) is 9.86. The quantitative estimate of drug-likeness (QED) is 0.222. The molecule has 0 N–H and O–H groups in total. The molecule has 0 bridgehead atoms. The molecular formula is C20H38O3. The molecule has 2 unspecified atom stereocenters. The summed E-state index contributed by atoms with van der Waals surface area (Å²) in [5, 5.41) is 0. The molecule has 0 aromatic heterocycles. The second-order valence-corrected chi connectivity index (χ2v) is 6.70. The summed E-state index contributed by atoms with van der Waals surface area (Å²) in [7, 11) is 0. The van der Waals surface area contributed by atoms with Crippen molar-refractivity contribution in [2.24, 2.45) is 11.8 Å². The molecule has 2 atom stereocenters. The third-order valence-electron chi connectivity index (χ3n) is 4.45. The van der Waals surface area contributed by atoms with E-state index in [2.05, 4.69) is 27.7 Å². The molecule has 0 aliphatic carbocycles. The van der Waals surface area contributed by atoms with Gasteiger partial charge in [-0.25, -0.2) is 0 Å². The van der Waals surface area contributed by atoms with Gasteiger partial charge in [-0.1, -0.05) is 79.1 Å². The second-order valence-electron chi connectivity index (χ2n) is 6.70. The maximum Gasteiger partial charge on any atom is 0.316 e. The zero-order valence-corrected chi connectivity index (χ0v) is 15.9. The van der Waals surface area contributed by atoms with Crippen LogP contribution in [0.25, 0.3) is 0 Å². The van der Waals surface area contributed by atoms with Gasteiger partial charge in [-0.05, 0) is 25.7 Å². The number of ether oxygens (including phenoxy) is 1. The van der Waals surface area contributed by atoms with Crippen LogP contribution in [0.2, 0.25) is 0 Å². The van der Waals surface area contributed by atoms with Crippen LogP contribution in [0.5, 0.6) is 0 Å². The molecule has 0 spiro atoms. The van der Waals surface area contributed by atoms with Gasteiger partial charge in [-0.3, -0.25) is 9.59 Å². The van der Waals surface area contributed by atoms with E-state index >= 15 is 0 Å². The minimum Gasteiger partial charge on any atom is -0.393 e. The lowest BCUT2D eigenvalue weighted by Gasteiger charge is -2.18. The summed E-state index contributed by atoms with van der Waals surface area (Å²) in [5.74, 6) is -0.782. The van der Waals surface area contributed by atoms with E-state index in [9.17, 15) is 9.59 Å². The third-order valence-corrected chi connectivity index (χ3v) is 4.45. The van der Waals surface area contributed by atoms with Crippen LogP contribution < -0.4 is 0 Å². The van der Waals surface area contributed by atoms with Crippen molar-refractivity contribution in [2.75, 3.05) is 0 Å². The number of hydrogen-bond donors (Lipinski definition) is 0. The molecule has 0 saturated carbocycles. The molecular weight excluding hydrogens is 288 g/mol. The van der Waals surface area contributed by atoms with Crippen LogP contribution in [-0.2, 0) is 14.3 Å². The Morgan fingerprint density at radius 2 is 1.00 bits per heavy atom. The lowest BCUT2D eigenvalue weighted by molar-refractivity contribution is -0.166. The maximum absolute atomic E-state index is 12.3. The molecule has 0 rings (SSSR count). The highest BCUT2D eigenvalue weighted by Crippen LogP contribution is 2.21. The number of carbonyl (C=O) groups excluding carboxylic acids is 2. The summed E-state index contributed by atoms with van der Waals surface area (Å²) in [4.78, 5) is 24.7. The van der Waals surface area contributed by atoms with Gasteiger partial charge >= 0.3 is 11.9 Å². The first-order valence-electron chi connectivity index (χ1n) is 9.86. The molecule has 3 heteroatoms. The first kappa shape index (κ1) is 22.1. The number of rotatable bonds is 14. The van der Waals surface area contributed by atoms with Crippen molar-refractivity contribution in [3.05, 3.63) is 0 Å². The van der Waals surface area contributed by atoms with Crippen LogP contribution in [0.3, 0.4) is 0 Å². The van der Waals surface area contributed by atoms with Crippen molar-refractivity contribution in [1.29, 1.82) is 0 Å². The Bertz CT molecular complexity index is 282. The predicted molar refractivity (Wildman–Crippen MR) is 96.2 cm³/mol. The Morgan fingerprint density at radius 3 is 1.30 bits per heavy atom. The zero-order valence-electron chi connectivity index (χ0n) is 15.9. The Labute approximate surface area is 143 Å². The topological polar surface area (TPSA) is 43.4 Å². The predicted octanol–water partition coefficient (Wildman–Crippen LogP) is 6.05. The number of hydrogen-bond acceptors (Lipinski definition) is 3. The largest absolute Gasteiger partial charge is 0.393 e. The van der Waals surface area contributed by atoms with Gasteiger partial charge in [0.25, 0.3) is 0 Å². The van der Waals surface area contributed by atoms with E-state index in [1.807, 2.05) is 0 Å². The van der Waals surface area contributed by atoms with Crippen LogP contribution in [0.1, 0.15) is 105 Å². The van der Waals surface area contributed by atoms with E-state index in [0.29, 0.717) is 0 Å². The van der Waals surface area contributed by atoms with Gasteiger partial charge in [-0.15, -0.1) is 0 Å². The van der Waals surface area contributed by atoms with Crippen molar-refractivity contribution < 1.29 is 14.3 Å². The molecule has 0 amide bonds. The second kappa shape index (κ2) is 14.7. The van der Waals surface area contributed by atoms with E-state index in [1.54, 1.807) is 0 Å². The van der Waals surface area contributed by atoms with Crippen molar-refractivity contribution >= 4 is 11.9 Å². The van der Waals surface area contributed by atoms with Crippen LogP contribution in [-0.4, -0.2) is 11.9 Å². The molecule has 3 nitrogen and oxygen atoms in total. The average Bonchev–Trinajstić information content (AvgIpc) is 2.53. The summed E-state index contributed by atoms with van der Waals surface area (Å²) in [6.07, 6.45) is 11.9.